The minimum Gasteiger partial charge on any atom is -0.478 e. The molecule has 0 atom stereocenters. The van der Waals surface area contributed by atoms with Crippen molar-refractivity contribution in [1.29, 1.82) is 0 Å². The highest BCUT2D eigenvalue weighted by Gasteiger charge is 2.04. The normalized spacial score (nSPS) is 10.2. The molecule has 0 aromatic heterocycles. The Bertz CT molecular complexity index is 348. The molecule has 0 amide bonds. The van der Waals surface area contributed by atoms with Gasteiger partial charge in [0.25, 0.3) is 0 Å². The van der Waals surface area contributed by atoms with Crippen LogP contribution in [-0.2, 0) is 0 Å². The summed E-state index contributed by atoms with van der Waals surface area (Å²) in [5.41, 5.74) is 1.32. The van der Waals surface area contributed by atoms with Crippen LogP contribution in [-0.4, -0.2) is 36.4 Å². The topological polar surface area (TPSA) is 60.8 Å². The molecule has 4 heteroatoms. The molecular weight excluding hydrogens is 218 g/mol. The second-order valence-electron chi connectivity index (χ2n) is 4.06. The largest absolute Gasteiger partial charge is 0.478 e. The van der Waals surface area contributed by atoms with Crippen LogP contribution in [0.1, 0.15) is 29.6 Å². The van der Waals surface area contributed by atoms with E-state index < -0.39 is 5.97 Å². The number of hydrogen-bond donors (Lipinski definition) is 2. The molecule has 0 aliphatic carbocycles. The van der Waals surface area contributed by atoms with E-state index in [1.807, 2.05) is 19.2 Å². The number of hydrogen-bond acceptors (Lipinski definition) is 3. The van der Waals surface area contributed by atoms with E-state index in [1.165, 1.54) is 0 Å². The first kappa shape index (κ1) is 13.5. The number of rotatable bonds is 7. The average molecular weight is 237 g/mol. The summed E-state index contributed by atoms with van der Waals surface area (Å²) in [4.78, 5) is 12.8. The fourth-order valence-corrected chi connectivity index (χ4v) is 1.63. The molecule has 0 saturated carbocycles. The van der Waals surface area contributed by atoms with Crippen molar-refractivity contribution < 1.29 is 15.0 Å². The van der Waals surface area contributed by atoms with Gasteiger partial charge in [-0.3, -0.25) is 0 Å². The Morgan fingerprint density at radius 2 is 1.82 bits per heavy atom. The number of carboxylic acids is 1. The van der Waals surface area contributed by atoms with Crippen LogP contribution >= 0.6 is 0 Å². The highest BCUT2D eigenvalue weighted by Crippen LogP contribution is 2.14. The lowest BCUT2D eigenvalue weighted by Crippen LogP contribution is -2.18. The SMILES string of the molecule is CN(CCCCCO)c1ccc(C(=O)O)cc1. The van der Waals surface area contributed by atoms with E-state index in [2.05, 4.69) is 4.90 Å². The Hall–Kier alpha value is -1.55. The molecule has 0 bridgehead atoms. The van der Waals surface area contributed by atoms with Crippen molar-refractivity contribution >= 4 is 11.7 Å². The van der Waals surface area contributed by atoms with Gasteiger partial charge in [-0.2, -0.15) is 0 Å². The predicted octanol–water partition coefficient (Wildman–Crippen LogP) is 1.98. The highest BCUT2D eigenvalue weighted by atomic mass is 16.4. The van der Waals surface area contributed by atoms with Gasteiger partial charge in [-0.1, -0.05) is 0 Å². The molecule has 0 aliphatic rings. The molecule has 17 heavy (non-hydrogen) atoms. The third kappa shape index (κ3) is 4.44. The minimum atomic E-state index is -0.901. The number of aliphatic hydroxyl groups excluding tert-OH is 1. The summed E-state index contributed by atoms with van der Waals surface area (Å²) in [7, 11) is 1.98. The number of benzene rings is 1. The van der Waals surface area contributed by atoms with Crippen molar-refractivity contribution in [3.8, 4) is 0 Å². The van der Waals surface area contributed by atoms with Crippen LogP contribution in [0, 0.1) is 0 Å². The molecule has 0 spiro atoms. The summed E-state index contributed by atoms with van der Waals surface area (Å²) >= 11 is 0. The van der Waals surface area contributed by atoms with E-state index in [-0.39, 0.29) is 6.61 Å². The van der Waals surface area contributed by atoms with Crippen molar-refractivity contribution in [3.63, 3.8) is 0 Å². The molecule has 0 saturated heterocycles. The summed E-state index contributed by atoms with van der Waals surface area (Å²) in [6.45, 7) is 1.16. The standard InChI is InChI=1S/C13H19NO3/c1-14(9-3-2-4-10-15)12-7-5-11(6-8-12)13(16)17/h5-8,15H,2-4,9-10H2,1H3,(H,16,17). The van der Waals surface area contributed by atoms with Gasteiger partial charge in [-0.05, 0) is 43.5 Å². The van der Waals surface area contributed by atoms with Gasteiger partial charge >= 0.3 is 5.97 Å². The number of unbranched alkanes of at least 4 members (excludes halogenated alkanes) is 2. The maximum Gasteiger partial charge on any atom is 0.335 e. The van der Waals surface area contributed by atoms with Gasteiger partial charge in [-0.25, -0.2) is 4.79 Å². The van der Waals surface area contributed by atoms with E-state index in [1.54, 1.807) is 12.1 Å². The van der Waals surface area contributed by atoms with Crippen molar-refractivity contribution in [1.82, 2.24) is 0 Å². The Labute approximate surface area is 101 Å². The van der Waals surface area contributed by atoms with Crippen LogP contribution in [0.15, 0.2) is 24.3 Å². The first-order valence-electron chi connectivity index (χ1n) is 5.80. The lowest BCUT2D eigenvalue weighted by atomic mass is 10.2. The zero-order valence-electron chi connectivity index (χ0n) is 10.1. The summed E-state index contributed by atoms with van der Waals surface area (Å²) in [6.07, 6.45) is 2.87. The van der Waals surface area contributed by atoms with Crippen LogP contribution in [0.25, 0.3) is 0 Å². The molecule has 94 valence electrons. The highest BCUT2D eigenvalue weighted by molar-refractivity contribution is 5.88. The van der Waals surface area contributed by atoms with Gasteiger partial charge in [0.15, 0.2) is 0 Å². The summed E-state index contributed by atoms with van der Waals surface area (Å²) in [6, 6.07) is 6.86. The maximum absolute atomic E-state index is 10.7. The summed E-state index contributed by atoms with van der Waals surface area (Å²) in [5.74, 6) is -0.901. The third-order valence-electron chi connectivity index (χ3n) is 2.71. The third-order valence-corrected chi connectivity index (χ3v) is 2.71. The molecule has 1 rings (SSSR count). The van der Waals surface area contributed by atoms with Gasteiger partial charge in [-0.15, -0.1) is 0 Å². The molecule has 1 aromatic rings. The predicted molar refractivity (Wildman–Crippen MR) is 67.6 cm³/mol. The van der Waals surface area contributed by atoms with Crippen molar-refractivity contribution in [3.05, 3.63) is 29.8 Å². The number of aliphatic hydroxyl groups is 1. The second kappa shape index (κ2) is 6.91. The molecule has 0 fully saturated rings. The van der Waals surface area contributed by atoms with Crippen molar-refractivity contribution in [2.75, 3.05) is 25.1 Å². The van der Waals surface area contributed by atoms with Gasteiger partial charge < -0.3 is 15.1 Å². The molecule has 0 unspecified atom stereocenters. The Morgan fingerprint density at radius 1 is 1.18 bits per heavy atom. The molecular formula is C13H19NO3. The lowest BCUT2D eigenvalue weighted by Gasteiger charge is -2.19. The van der Waals surface area contributed by atoms with Crippen molar-refractivity contribution in [2.24, 2.45) is 0 Å². The number of carbonyl (C=O) groups is 1. The summed E-state index contributed by atoms with van der Waals surface area (Å²) in [5, 5.41) is 17.4. The molecule has 0 aliphatic heterocycles. The number of anilines is 1. The fourth-order valence-electron chi connectivity index (χ4n) is 1.63. The quantitative estimate of drug-likeness (QED) is 0.712. The van der Waals surface area contributed by atoms with E-state index in [0.29, 0.717) is 5.56 Å². The van der Waals surface area contributed by atoms with Crippen molar-refractivity contribution in [2.45, 2.75) is 19.3 Å². The Kier molecular flexibility index (Phi) is 5.49. The smallest absolute Gasteiger partial charge is 0.335 e. The van der Waals surface area contributed by atoms with Gasteiger partial charge in [0.1, 0.15) is 0 Å². The first-order chi connectivity index (χ1) is 8.15. The molecule has 0 radical (unpaired) electrons. The zero-order valence-corrected chi connectivity index (χ0v) is 10.1. The fraction of sp³-hybridized carbons (Fsp3) is 0.462. The van der Waals surface area contributed by atoms with E-state index in [4.69, 9.17) is 10.2 Å². The lowest BCUT2D eigenvalue weighted by molar-refractivity contribution is 0.0697. The number of nitrogens with zero attached hydrogens (tertiary/aromatic N) is 1. The Balaban J connectivity index is 2.46. The molecule has 2 N–H and O–H groups in total. The average Bonchev–Trinajstić information content (AvgIpc) is 2.34. The number of carboxylic acid groups (broad SMARTS) is 1. The van der Waals surface area contributed by atoms with E-state index in [9.17, 15) is 4.79 Å². The van der Waals surface area contributed by atoms with Gasteiger partial charge in [0.2, 0.25) is 0 Å². The molecule has 1 aromatic carbocycles. The van der Waals surface area contributed by atoms with Crippen LogP contribution < -0.4 is 4.90 Å². The zero-order chi connectivity index (χ0) is 12.7. The molecule has 4 nitrogen and oxygen atoms in total. The maximum atomic E-state index is 10.7. The van der Waals surface area contributed by atoms with Crippen LogP contribution in [0.2, 0.25) is 0 Å². The first-order valence-corrected chi connectivity index (χ1v) is 5.80. The second-order valence-corrected chi connectivity index (χ2v) is 4.06. The van der Waals surface area contributed by atoms with Gasteiger partial charge in [0.05, 0.1) is 5.56 Å². The van der Waals surface area contributed by atoms with E-state index >= 15 is 0 Å². The van der Waals surface area contributed by atoms with Crippen LogP contribution in [0.4, 0.5) is 5.69 Å². The van der Waals surface area contributed by atoms with Crippen LogP contribution in [0.3, 0.4) is 0 Å². The van der Waals surface area contributed by atoms with Gasteiger partial charge in [0, 0.05) is 25.9 Å². The minimum absolute atomic E-state index is 0.247. The molecule has 0 heterocycles. The monoisotopic (exact) mass is 237 g/mol. The number of aromatic carboxylic acids is 1. The van der Waals surface area contributed by atoms with Crippen LogP contribution in [0.5, 0.6) is 0 Å². The Morgan fingerprint density at radius 3 is 2.35 bits per heavy atom. The summed E-state index contributed by atoms with van der Waals surface area (Å²) < 4.78 is 0. The van der Waals surface area contributed by atoms with E-state index in [0.717, 1.165) is 31.5 Å².